The van der Waals surface area contributed by atoms with Crippen LogP contribution in [0.25, 0.3) is 0 Å². The molecule has 0 heterocycles. The number of rotatable bonds is 5. The molecule has 0 atom stereocenters. The summed E-state index contributed by atoms with van der Waals surface area (Å²) in [5, 5.41) is 0. The second kappa shape index (κ2) is 8.01. The van der Waals surface area contributed by atoms with Gasteiger partial charge in [-0.05, 0) is 19.0 Å². The molecule has 0 aliphatic heterocycles. The van der Waals surface area contributed by atoms with Crippen molar-refractivity contribution in [1.82, 2.24) is 0 Å². The van der Waals surface area contributed by atoms with Gasteiger partial charge < -0.3 is 10.2 Å². The van der Waals surface area contributed by atoms with Gasteiger partial charge in [0.1, 0.15) is 0 Å². The van der Waals surface area contributed by atoms with E-state index in [9.17, 15) is 0 Å². The average molecular weight is 166 g/mol. The zero-order valence-corrected chi connectivity index (χ0v) is 7.52. The highest BCUT2D eigenvalue weighted by atomic mass is 35.6. The minimum Gasteiger partial charge on any atom is -0.408 e. The summed E-state index contributed by atoms with van der Waals surface area (Å²) in [6.07, 6.45) is 5.48. The van der Waals surface area contributed by atoms with E-state index in [1.165, 1.54) is 0 Å². The van der Waals surface area contributed by atoms with Crippen molar-refractivity contribution in [1.29, 1.82) is 0 Å². The molecule has 0 unspecified atom stereocenters. The summed E-state index contributed by atoms with van der Waals surface area (Å²) in [7, 11) is -0.703. The van der Waals surface area contributed by atoms with Crippen LogP contribution in [0.1, 0.15) is 12.8 Å². The molecule has 54 valence electrons. The third-order valence-electron chi connectivity index (χ3n) is 0.873. The maximum Gasteiger partial charge on any atom is 0.258 e. The SMILES string of the molecule is NC=CCCCO[SiH2]Cl. The molecule has 0 aromatic heterocycles. The fraction of sp³-hybridized carbons (Fsp3) is 0.600. The highest BCUT2D eigenvalue weighted by Crippen LogP contribution is 1.90. The molecular formula is C5H12ClNOSi. The Morgan fingerprint density at radius 1 is 1.67 bits per heavy atom. The molecule has 0 aliphatic carbocycles. The fourth-order valence-corrected chi connectivity index (χ4v) is 1.09. The van der Waals surface area contributed by atoms with E-state index in [0.717, 1.165) is 19.4 Å². The number of hydrogen-bond donors (Lipinski definition) is 1. The Morgan fingerprint density at radius 3 is 3.00 bits per heavy atom. The van der Waals surface area contributed by atoms with Crippen LogP contribution < -0.4 is 5.73 Å². The van der Waals surface area contributed by atoms with Crippen LogP contribution in [0.3, 0.4) is 0 Å². The molecule has 0 saturated heterocycles. The van der Waals surface area contributed by atoms with Gasteiger partial charge in [0, 0.05) is 6.61 Å². The van der Waals surface area contributed by atoms with Crippen molar-refractivity contribution in [3.63, 3.8) is 0 Å². The maximum atomic E-state index is 5.39. The fourth-order valence-electron chi connectivity index (χ4n) is 0.454. The third-order valence-corrected chi connectivity index (χ3v) is 1.78. The first-order valence-corrected chi connectivity index (χ1v) is 5.63. The van der Waals surface area contributed by atoms with Gasteiger partial charge in [-0.1, -0.05) is 6.08 Å². The van der Waals surface area contributed by atoms with Crippen LogP contribution in [0.5, 0.6) is 0 Å². The Bertz CT molecular complexity index is 79.4. The lowest BCUT2D eigenvalue weighted by Gasteiger charge is -1.94. The third kappa shape index (κ3) is 8.01. The lowest BCUT2D eigenvalue weighted by Crippen LogP contribution is -1.93. The lowest BCUT2D eigenvalue weighted by atomic mass is 10.3. The number of halogens is 1. The van der Waals surface area contributed by atoms with Crippen LogP contribution in [0, 0.1) is 0 Å². The molecule has 0 saturated carbocycles. The Balaban J connectivity index is 2.75. The van der Waals surface area contributed by atoms with Gasteiger partial charge in [-0.15, -0.1) is 11.1 Å². The molecule has 0 radical (unpaired) electrons. The summed E-state index contributed by atoms with van der Waals surface area (Å²) in [5.41, 5.74) is 5.10. The lowest BCUT2D eigenvalue weighted by molar-refractivity contribution is 0.338. The van der Waals surface area contributed by atoms with Crippen molar-refractivity contribution in [2.75, 3.05) is 6.61 Å². The molecule has 9 heavy (non-hydrogen) atoms. The van der Waals surface area contributed by atoms with Gasteiger partial charge in [-0.3, -0.25) is 0 Å². The Hall–Kier alpha value is 0.00688. The van der Waals surface area contributed by atoms with E-state index in [2.05, 4.69) is 0 Å². The van der Waals surface area contributed by atoms with E-state index in [1.54, 1.807) is 6.20 Å². The minimum atomic E-state index is -0.703. The minimum absolute atomic E-state index is 0.703. The van der Waals surface area contributed by atoms with E-state index in [4.69, 9.17) is 21.2 Å². The van der Waals surface area contributed by atoms with Crippen molar-refractivity contribution < 1.29 is 4.43 Å². The molecule has 0 rings (SSSR count). The molecule has 4 heteroatoms. The Kier molecular flexibility index (Phi) is 8.01. The first-order valence-electron chi connectivity index (χ1n) is 2.92. The largest absolute Gasteiger partial charge is 0.408 e. The van der Waals surface area contributed by atoms with Gasteiger partial charge in [0.05, 0.1) is 0 Å². The number of nitrogens with two attached hydrogens (primary N) is 1. The van der Waals surface area contributed by atoms with E-state index in [1.807, 2.05) is 6.08 Å². The Morgan fingerprint density at radius 2 is 2.44 bits per heavy atom. The molecule has 0 spiro atoms. The highest BCUT2D eigenvalue weighted by molar-refractivity contribution is 6.89. The molecule has 2 nitrogen and oxygen atoms in total. The van der Waals surface area contributed by atoms with Crippen molar-refractivity contribution in [3.8, 4) is 0 Å². The molecule has 0 aromatic rings. The Labute approximate surface area is 62.7 Å². The number of allylic oxidation sites excluding steroid dienone is 1. The predicted molar refractivity (Wildman–Crippen MR) is 42.9 cm³/mol. The van der Waals surface area contributed by atoms with Crippen LogP contribution in [-0.4, -0.2) is 15.7 Å². The molecule has 2 N–H and O–H groups in total. The summed E-state index contributed by atoms with van der Waals surface area (Å²) < 4.78 is 5.01. The molecular weight excluding hydrogens is 154 g/mol. The molecule has 0 fully saturated rings. The van der Waals surface area contributed by atoms with Crippen LogP contribution in [0.15, 0.2) is 12.3 Å². The quantitative estimate of drug-likeness (QED) is 0.366. The van der Waals surface area contributed by atoms with Crippen LogP contribution >= 0.6 is 11.1 Å². The summed E-state index contributed by atoms with van der Waals surface area (Å²) in [6.45, 7) is 0.778. The first kappa shape index (κ1) is 9.01. The number of hydrogen-bond acceptors (Lipinski definition) is 2. The van der Waals surface area contributed by atoms with Crippen LogP contribution in [0.2, 0.25) is 0 Å². The van der Waals surface area contributed by atoms with Gasteiger partial charge in [-0.25, -0.2) is 0 Å². The second-order valence-electron chi connectivity index (χ2n) is 1.59. The molecule has 0 aromatic carbocycles. The topological polar surface area (TPSA) is 35.2 Å². The second-order valence-corrected chi connectivity index (χ2v) is 2.87. The summed E-state index contributed by atoms with van der Waals surface area (Å²) in [4.78, 5) is 0. The average Bonchev–Trinajstić information content (AvgIpc) is 1.89. The van der Waals surface area contributed by atoms with E-state index in [-0.39, 0.29) is 0 Å². The van der Waals surface area contributed by atoms with Gasteiger partial charge in [0.15, 0.2) is 0 Å². The smallest absolute Gasteiger partial charge is 0.258 e. The van der Waals surface area contributed by atoms with Crippen LogP contribution in [-0.2, 0) is 4.43 Å². The predicted octanol–water partition coefficient (Wildman–Crippen LogP) is 0.493. The molecule has 0 amide bonds. The summed E-state index contributed by atoms with van der Waals surface area (Å²) >= 11 is 5.39. The van der Waals surface area contributed by atoms with E-state index >= 15 is 0 Å². The van der Waals surface area contributed by atoms with Gasteiger partial charge in [-0.2, -0.15) is 0 Å². The van der Waals surface area contributed by atoms with Crippen molar-refractivity contribution in [2.45, 2.75) is 12.8 Å². The summed E-state index contributed by atoms with van der Waals surface area (Å²) in [5.74, 6) is 0. The van der Waals surface area contributed by atoms with E-state index in [0.29, 0.717) is 0 Å². The maximum absolute atomic E-state index is 5.39. The number of unbranched alkanes of at least 4 members (excludes halogenated alkanes) is 1. The van der Waals surface area contributed by atoms with Crippen molar-refractivity contribution in [3.05, 3.63) is 12.3 Å². The zero-order chi connectivity index (χ0) is 6.95. The van der Waals surface area contributed by atoms with Gasteiger partial charge in [0.25, 0.3) is 9.07 Å². The molecule has 0 aliphatic rings. The molecule has 0 bridgehead atoms. The zero-order valence-electron chi connectivity index (χ0n) is 5.35. The van der Waals surface area contributed by atoms with Crippen LogP contribution in [0.4, 0.5) is 0 Å². The van der Waals surface area contributed by atoms with Gasteiger partial charge in [0.2, 0.25) is 0 Å². The van der Waals surface area contributed by atoms with Crippen molar-refractivity contribution >= 4 is 20.2 Å². The standard InChI is InChI=1S/C5H12ClNOSi/c6-9-8-5-3-1-2-4-7/h2,4H,1,3,5,7,9H2. The normalized spacial score (nSPS) is 12.1. The van der Waals surface area contributed by atoms with Gasteiger partial charge >= 0.3 is 0 Å². The van der Waals surface area contributed by atoms with Crippen molar-refractivity contribution in [2.24, 2.45) is 5.73 Å². The van der Waals surface area contributed by atoms with E-state index < -0.39 is 9.07 Å². The monoisotopic (exact) mass is 165 g/mol. The summed E-state index contributed by atoms with van der Waals surface area (Å²) in [6, 6.07) is 0. The first-order chi connectivity index (χ1) is 4.41. The highest BCUT2D eigenvalue weighted by Gasteiger charge is 1.82.